The molecule has 17 heavy (non-hydrogen) atoms. The quantitative estimate of drug-likeness (QED) is 0.591. The van der Waals surface area contributed by atoms with E-state index in [9.17, 15) is 4.79 Å². The zero-order chi connectivity index (χ0) is 12.2. The minimum atomic E-state index is -0.0846. The lowest BCUT2D eigenvalue weighted by Gasteiger charge is -2.14. The highest BCUT2D eigenvalue weighted by atomic mass is 16.2. The van der Waals surface area contributed by atoms with Crippen LogP contribution in [-0.4, -0.2) is 20.7 Å². The van der Waals surface area contributed by atoms with E-state index in [1.807, 2.05) is 12.1 Å². The molecule has 0 saturated carbocycles. The summed E-state index contributed by atoms with van der Waals surface area (Å²) >= 11 is 0. The van der Waals surface area contributed by atoms with Crippen LogP contribution < -0.4 is 0 Å². The Morgan fingerprint density at radius 3 is 2.71 bits per heavy atom. The Hall–Kier alpha value is -1.97. The maximum atomic E-state index is 12.1. The molecule has 0 fully saturated rings. The van der Waals surface area contributed by atoms with Gasteiger partial charge >= 0.3 is 0 Å². The molecule has 4 nitrogen and oxygen atoms in total. The fraction of sp³-hybridized carbons (Fsp3) is 0.308. The van der Waals surface area contributed by atoms with E-state index in [1.165, 1.54) is 4.68 Å². The number of nitrogens with zero attached hydrogens (tertiary/aromatic N) is 3. The molecular weight excluding hydrogens is 214 g/mol. The third-order valence-corrected chi connectivity index (χ3v) is 3.00. The van der Waals surface area contributed by atoms with Crippen molar-refractivity contribution < 1.29 is 4.79 Å². The van der Waals surface area contributed by atoms with E-state index in [1.54, 1.807) is 12.4 Å². The van der Waals surface area contributed by atoms with Crippen molar-refractivity contribution in [2.24, 2.45) is 0 Å². The smallest absolute Gasteiger partial charge is 0.267 e. The van der Waals surface area contributed by atoms with Crippen LogP contribution in [0.25, 0.3) is 11.3 Å². The number of carbonyl (C=O) groups excluding carboxylic acids is 1. The standard InChI is InChI=1S/C13H13N3O/c1-13(2,3)11-6-10-8-4-5-14-7-9(8)12(17)16(10)15-11/h4-7H,1-3H3. The summed E-state index contributed by atoms with van der Waals surface area (Å²) in [7, 11) is 0. The molecule has 0 aromatic carbocycles. The fourth-order valence-electron chi connectivity index (χ4n) is 2.00. The number of fused-ring (bicyclic) bond motifs is 3. The fourth-order valence-corrected chi connectivity index (χ4v) is 2.00. The molecule has 2 aromatic heterocycles. The molecule has 0 spiro atoms. The normalized spacial score (nSPS) is 13.7. The maximum Gasteiger partial charge on any atom is 0.280 e. The van der Waals surface area contributed by atoms with E-state index in [-0.39, 0.29) is 11.3 Å². The second-order valence-corrected chi connectivity index (χ2v) is 5.30. The molecule has 0 amide bonds. The van der Waals surface area contributed by atoms with Crippen molar-refractivity contribution in [1.82, 2.24) is 14.8 Å². The molecule has 3 heterocycles. The zero-order valence-corrected chi connectivity index (χ0v) is 10.1. The average Bonchev–Trinajstić information content (AvgIpc) is 2.80. The lowest BCUT2D eigenvalue weighted by atomic mass is 9.92. The largest absolute Gasteiger partial charge is 0.280 e. The molecule has 0 radical (unpaired) electrons. The first-order valence-corrected chi connectivity index (χ1v) is 5.58. The minimum absolute atomic E-state index is 0.0508. The lowest BCUT2D eigenvalue weighted by molar-refractivity contribution is 0.0953. The summed E-state index contributed by atoms with van der Waals surface area (Å²) in [5.41, 5.74) is 3.31. The number of aromatic nitrogens is 3. The zero-order valence-electron chi connectivity index (χ0n) is 10.1. The summed E-state index contributed by atoms with van der Waals surface area (Å²) in [5.74, 6) is -0.0846. The number of carbonyl (C=O) groups is 1. The maximum absolute atomic E-state index is 12.1. The number of rotatable bonds is 0. The summed E-state index contributed by atoms with van der Waals surface area (Å²) in [4.78, 5) is 16.1. The Morgan fingerprint density at radius 1 is 1.24 bits per heavy atom. The molecule has 0 aliphatic carbocycles. The van der Waals surface area contributed by atoms with Crippen molar-refractivity contribution >= 4 is 5.91 Å². The molecule has 0 bridgehead atoms. The second-order valence-electron chi connectivity index (χ2n) is 5.30. The van der Waals surface area contributed by atoms with Crippen molar-refractivity contribution in [1.29, 1.82) is 0 Å². The molecule has 1 aliphatic rings. The monoisotopic (exact) mass is 227 g/mol. The van der Waals surface area contributed by atoms with E-state index in [4.69, 9.17) is 0 Å². The van der Waals surface area contributed by atoms with Crippen LogP contribution in [0.15, 0.2) is 24.5 Å². The Kier molecular flexibility index (Phi) is 1.82. The van der Waals surface area contributed by atoms with Crippen LogP contribution in [0.1, 0.15) is 36.8 Å². The second kappa shape index (κ2) is 3.03. The van der Waals surface area contributed by atoms with Gasteiger partial charge in [-0.1, -0.05) is 20.8 Å². The van der Waals surface area contributed by atoms with Crippen LogP contribution in [0.4, 0.5) is 0 Å². The van der Waals surface area contributed by atoms with Crippen LogP contribution in [0, 0.1) is 0 Å². The van der Waals surface area contributed by atoms with Gasteiger partial charge in [0, 0.05) is 23.4 Å². The van der Waals surface area contributed by atoms with Crippen LogP contribution in [0.2, 0.25) is 0 Å². The molecule has 1 aliphatic heterocycles. The van der Waals surface area contributed by atoms with Gasteiger partial charge in [0.25, 0.3) is 5.91 Å². The SMILES string of the molecule is CC(C)(C)c1cc2n(n1)C(=O)c1cnccc1-2. The molecule has 3 rings (SSSR count). The van der Waals surface area contributed by atoms with Crippen molar-refractivity contribution in [3.05, 3.63) is 35.8 Å². The van der Waals surface area contributed by atoms with Gasteiger partial charge < -0.3 is 0 Å². The Labute approximate surface area is 99.3 Å². The Morgan fingerprint density at radius 2 is 2.00 bits per heavy atom. The number of pyridine rings is 1. The van der Waals surface area contributed by atoms with Gasteiger partial charge in [-0.15, -0.1) is 0 Å². The van der Waals surface area contributed by atoms with Gasteiger partial charge in [-0.2, -0.15) is 9.78 Å². The first kappa shape index (κ1) is 10.2. The van der Waals surface area contributed by atoms with E-state index < -0.39 is 0 Å². The van der Waals surface area contributed by atoms with Gasteiger partial charge in [0.2, 0.25) is 0 Å². The van der Waals surface area contributed by atoms with Gasteiger partial charge in [-0.05, 0) is 12.1 Å². The average molecular weight is 227 g/mol. The van der Waals surface area contributed by atoms with Crippen LogP contribution in [0.5, 0.6) is 0 Å². The van der Waals surface area contributed by atoms with E-state index in [0.29, 0.717) is 5.56 Å². The third-order valence-electron chi connectivity index (χ3n) is 3.00. The molecule has 0 unspecified atom stereocenters. The van der Waals surface area contributed by atoms with Gasteiger partial charge in [-0.3, -0.25) is 9.78 Å². The number of hydrogen-bond donors (Lipinski definition) is 0. The minimum Gasteiger partial charge on any atom is -0.267 e. The molecular formula is C13H13N3O. The highest BCUT2D eigenvalue weighted by Gasteiger charge is 2.30. The molecule has 0 atom stereocenters. The van der Waals surface area contributed by atoms with Crippen LogP contribution >= 0.6 is 0 Å². The third kappa shape index (κ3) is 1.33. The van der Waals surface area contributed by atoms with Crippen molar-refractivity contribution in [3.8, 4) is 11.3 Å². The van der Waals surface area contributed by atoms with E-state index in [2.05, 4.69) is 30.9 Å². The summed E-state index contributed by atoms with van der Waals surface area (Å²) in [6.07, 6.45) is 3.30. The van der Waals surface area contributed by atoms with Crippen molar-refractivity contribution in [2.75, 3.05) is 0 Å². The first-order valence-electron chi connectivity index (χ1n) is 5.58. The summed E-state index contributed by atoms with van der Waals surface area (Å²) in [6.45, 7) is 6.26. The highest BCUT2D eigenvalue weighted by molar-refractivity contribution is 6.07. The summed E-state index contributed by atoms with van der Waals surface area (Å²) in [6, 6.07) is 3.85. The predicted molar refractivity (Wildman–Crippen MR) is 63.9 cm³/mol. The lowest BCUT2D eigenvalue weighted by Crippen LogP contribution is -2.15. The van der Waals surface area contributed by atoms with E-state index >= 15 is 0 Å². The summed E-state index contributed by atoms with van der Waals surface area (Å²) in [5, 5.41) is 4.40. The molecule has 4 heteroatoms. The molecule has 0 saturated heterocycles. The Bertz CT molecular complexity index is 620. The molecule has 2 aromatic rings. The predicted octanol–water partition coefficient (Wildman–Crippen LogP) is 2.24. The van der Waals surface area contributed by atoms with Crippen LogP contribution in [-0.2, 0) is 5.41 Å². The van der Waals surface area contributed by atoms with Gasteiger partial charge in [0.1, 0.15) is 0 Å². The van der Waals surface area contributed by atoms with Crippen molar-refractivity contribution in [3.63, 3.8) is 0 Å². The van der Waals surface area contributed by atoms with Crippen molar-refractivity contribution in [2.45, 2.75) is 26.2 Å². The molecule has 0 N–H and O–H groups in total. The molecule has 86 valence electrons. The first-order chi connectivity index (χ1) is 7.98. The van der Waals surface area contributed by atoms with Gasteiger partial charge in [0.05, 0.1) is 17.0 Å². The topological polar surface area (TPSA) is 47.8 Å². The van der Waals surface area contributed by atoms with E-state index in [0.717, 1.165) is 17.0 Å². The Balaban J connectivity index is 2.24. The van der Waals surface area contributed by atoms with Gasteiger partial charge in [0.15, 0.2) is 0 Å². The highest BCUT2D eigenvalue weighted by Crippen LogP contribution is 2.34. The number of hydrogen-bond acceptors (Lipinski definition) is 3. The van der Waals surface area contributed by atoms with Crippen LogP contribution in [0.3, 0.4) is 0 Å². The van der Waals surface area contributed by atoms with Gasteiger partial charge in [-0.25, -0.2) is 0 Å². The summed E-state index contributed by atoms with van der Waals surface area (Å²) < 4.78 is 1.48.